The first-order chi connectivity index (χ1) is 9.15. The van der Waals surface area contributed by atoms with Crippen molar-refractivity contribution >= 4 is 11.7 Å². The summed E-state index contributed by atoms with van der Waals surface area (Å²) in [6.07, 6.45) is 1.84. The van der Waals surface area contributed by atoms with Gasteiger partial charge in [0.2, 0.25) is 12.2 Å². The molecule has 100 valence electrons. The number of hydrogen-bond donors (Lipinski definition) is 2. The van der Waals surface area contributed by atoms with Gasteiger partial charge in [0, 0.05) is 6.42 Å². The molecule has 0 fully saturated rings. The predicted octanol–water partition coefficient (Wildman–Crippen LogP) is 1.09. The zero-order valence-electron chi connectivity index (χ0n) is 10.6. The Bertz CT molecular complexity index is 519. The van der Waals surface area contributed by atoms with E-state index < -0.39 is 0 Å². The number of nitrogens with zero attached hydrogens (tertiary/aromatic N) is 2. The van der Waals surface area contributed by atoms with Gasteiger partial charge in [-0.3, -0.25) is 0 Å². The summed E-state index contributed by atoms with van der Waals surface area (Å²) in [6.45, 7) is 1.74. The summed E-state index contributed by atoms with van der Waals surface area (Å²) < 4.78 is 11.0. The zero-order valence-corrected chi connectivity index (χ0v) is 10.6. The molecule has 1 heterocycles. The van der Waals surface area contributed by atoms with E-state index in [9.17, 15) is 0 Å². The molecular formula is C13H16N4O2. The summed E-state index contributed by atoms with van der Waals surface area (Å²) in [5.41, 5.74) is 12.1. The van der Waals surface area contributed by atoms with Crippen LogP contribution in [-0.4, -0.2) is 18.0 Å². The molecule has 1 aromatic rings. The SMILES string of the molecule is CC(=NN=C(N)N)C1=COC(Cc2ccccc2)O1. The Morgan fingerprint density at radius 2 is 1.95 bits per heavy atom. The second-order valence-electron chi connectivity index (χ2n) is 4.07. The highest BCUT2D eigenvalue weighted by atomic mass is 16.7. The minimum atomic E-state index is -0.346. The smallest absolute Gasteiger partial charge is 0.244 e. The summed E-state index contributed by atoms with van der Waals surface area (Å²) in [7, 11) is 0. The molecule has 0 aliphatic carbocycles. The maximum atomic E-state index is 5.62. The maximum absolute atomic E-state index is 5.62. The summed E-state index contributed by atoms with van der Waals surface area (Å²) in [5.74, 6) is 0.436. The minimum absolute atomic E-state index is 0.0975. The zero-order chi connectivity index (χ0) is 13.7. The van der Waals surface area contributed by atoms with Gasteiger partial charge in [-0.1, -0.05) is 30.3 Å². The van der Waals surface area contributed by atoms with E-state index in [4.69, 9.17) is 20.9 Å². The molecule has 19 heavy (non-hydrogen) atoms. The van der Waals surface area contributed by atoms with Crippen molar-refractivity contribution in [2.45, 2.75) is 19.6 Å². The highest BCUT2D eigenvalue weighted by Gasteiger charge is 2.21. The van der Waals surface area contributed by atoms with Gasteiger partial charge in [-0.2, -0.15) is 0 Å². The van der Waals surface area contributed by atoms with Gasteiger partial charge in [-0.15, -0.1) is 10.2 Å². The number of allylic oxidation sites excluding steroid dienone is 1. The second kappa shape index (κ2) is 5.90. The van der Waals surface area contributed by atoms with Gasteiger partial charge in [0.25, 0.3) is 0 Å². The molecule has 0 radical (unpaired) electrons. The summed E-state index contributed by atoms with van der Waals surface area (Å²) >= 11 is 0. The Kier molecular flexibility index (Phi) is 4.02. The Balaban J connectivity index is 1.92. The molecule has 0 saturated heterocycles. The molecule has 0 bridgehead atoms. The fourth-order valence-electron chi connectivity index (χ4n) is 1.58. The van der Waals surface area contributed by atoms with Crippen LogP contribution >= 0.6 is 0 Å². The Hall–Kier alpha value is -2.50. The van der Waals surface area contributed by atoms with Crippen LogP contribution in [0.3, 0.4) is 0 Å². The number of ether oxygens (including phenoxy) is 2. The van der Waals surface area contributed by atoms with Crippen molar-refractivity contribution in [2.24, 2.45) is 21.7 Å². The van der Waals surface area contributed by atoms with E-state index in [1.165, 1.54) is 6.26 Å². The molecule has 6 heteroatoms. The lowest BCUT2D eigenvalue weighted by molar-refractivity contribution is -0.0254. The molecule has 0 aromatic heterocycles. The monoisotopic (exact) mass is 260 g/mol. The van der Waals surface area contributed by atoms with Crippen molar-refractivity contribution in [3.63, 3.8) is 0 Å². The van der Waals surface area contributed by atoms with Crippen LogP contribution in [0.5, 0.6) is 0 Å². The molecule has 1 atom stereocenters. The lowest BCUT2D eigenvalue weighted by Crippen LogP contribution is -2.22. The van der Waals surface area contributed by atoms with E-state index in [1.807, 2.05) is 30.3 Å². The van der Waals surface area contributed by atoms with E-state index in [1.54, 1.807) is 6.92 Å². The number of hydrogen-bond acceptors (Lipinski definition) is 4. The topological polar surface area (TPSA) is 95.2 Å². The maximum Gasteiger partial charge on any atom is 0.244 e. The van der Waals surface area contributed by atoms with E-state index in [2.05, 4.69) is 10.2 Å². The normalized spacial score (nSPS) is 18.3. The lowest BCUT2D eigenvalue weighted by atomic mass is 10.1. The Morgan fingerprint density at radius 1 is 1.21 bits per heavy atom. The molecule has 0 amide bonds. The molecule has 2 rings (SSSR count). The number of benzene rings is 1. The van der Waals surface area contributed by atoms with Crippen LogP contribution in [0.2, 0.25) is 0 Å². The Labute approximate surface area is 111 Å². The van der Waals surface area contributed by atoms with Gasteiger partial charge in [0.05, 0.1) is 0 Å². The molecule has 1 aromatic carbocycles. The van der Waals surface area contributed by atoms with Crippen LogP contribution in [0.15, 0.2) is 52.6 Å². The third-order valence-electron chi connectivity index (χ3n) is 2.50. The first-order valence-corrected chi connectivity index (χ1v) is 5.85. The molecule has 1 aliphatic rings. The molecule has 0 saturated carbocycles. The molecule has 4 N–H and O–H groups in total. The lowest BCUT2D eigenvalue weighted by Gasteiger charge is -2.11. The van der Waals surface area contributed by atoms with Crippen molar-refractivity contribution in [3.8, 4) is 0 Å². The van der Waals surface area contributed by atoms with Gasteiger partial charge in [-0.25, -0.2) is 0 Å². The van der Waals surface area contributed by atoms with Crippen LogP contribution < -0.4 is 11.5 Å². The van der Waals surface area contributed by atoms with Crippen molar-refractivity contribution in [1.82, 2.24) is 0 Å². The van der Waals surface area contributed by atoms with Gasteiger partial charge in [0.15, 0.2) is 5.76 Å². The fraction of sp³-hybridized carbons (Fsp3) is 0.231. The van der Waals surface area contributed by atoms with Crippen molar-refractivity contribution in [2.75, 3.05) is 0 Å². The molecule has 1 unspecified atom stereocenters. The first-order valence-electron chi connectivity index (χ1n) is 5.85. The number of guanidine groups is 1. The molecular weight excluding hydrogens is 244 g/mol. The summed E-state index contributed by atoms with van der Waals surface area (Å²) in [4.78, 5) is 0. The summed E-state index contributed by atoms with van der Waals surface area (Å²) in [6, 6.07) is 9.96. The van der Waals surface area contributed by atoms with E-state index in [0.29, 0.717) is 17.9 Å². The van der Waals surface area contributed by atoms with Crippen LogP contribution in [0.4, 0.5) is 0 Å². The fourth-order valence-corrected chi connectivity index (χ4v) is 1.58. The second-order valence-corrected chi connectivity index (χ2v) is 4.07. The minimum Gasteiger partial charge on any atom is -0.458 e. The predicted molar refractivity (Wildman–Crippen MR) is 73.1 cm³/mol. The van der Waals surface area contributed by atoms with Gasteiger partial charge < -0.3 is 20.9 Å². The van der Waals surface area contributed by atoms with Gasteiger partial charge in [0.1, 0.15) is 12.0 Å². The summed E-state index contributed by atoms with van der Waals surface area (Å²) in [5, 5.41) is 7.39. The van der Waals surface area contributed by atoms with Crippen LogP contribution in [0.25, 0.3) is 0 Å². The number of rotatable bonds is 4. The average molecular weight is 260 g/mol. The highest BCUT2D eigenvalue weighted by Crippen LogP contribution is 2.19. The third kappa shape index (κ3) is 3.74. The van der Waals surface area contributed by atoms with E-state index in [0.717, 1.165) is 5.56 Å². The van der Waals surface area contributed by atoms with Crippen LogP contribution in [0.1, 0.15) is 12.5 Å². The first kappa shape index (κ1) is 12.9. The quantitative estimate of drug-likeness (QED) is 0.481. The molecule has 1 aliphatic heterocycles. The van der Waals surface area contributed by atoms with Crippen molar-refractivity contribution in [3.05, 3.63) is 47.9 Å². The largest absolute Gasteiger partial charge is 0.458 e. The molecule has 6 nitrogen and oxygen atoms in total. The van der Waals surface area contributed by atoms with E-state index in [-0.39, 0.29) is 12.2 Å². The highest BCUT2D eigenvalue weighted by molar-refractivity contribution is 5.96. The van der Waals surface area contributed by atoms with Gasteiger partial charge in [-0.05, 0) is 12.5 Å². The average Bonchev–Trinajstić information content (AvgIpc) is 2.85. The third-order valence-corrected chi connectivity index (χ3v) is 2.50. The van der Waals surface area contributed by atoms with Crippen LogP contribution in [-0.2, 0) is 15.9 Å². The van der Waals surface area contributed by atoms with Crippen molar-refractivity contribution < 1.29 is 9.47 Å². The van der Waals surface area contributed by atoms with Gasteiger partial charge >= 0.3 is 0 Å². The number of nitrogens with two attached hydrogens (primary N) is 2. The standard InChI is InChI=1S/C13H16N4O2/c1-9(16-17-13(14)15)11-8-18-12(19-11)7-10-5-3-2-4-6-10/h2-6,8,12H,7H2,1H3,(H4,14,15,17). The van der Waals surface area contributed by atoms with E-state index >= 15 is 0 Å². The van der Waals surface area contributed by atoms with Crippen molar-refractivity contribution in [1.29, 1.82) is 0 Å². The molecule has 0 spiro atoms. The van der Waals surface area contributed by atoms with Crippen LogP contribution in [0, 0.1) is 0 Å². The Morgan fingerprint density at radius 3 is 2.63 bits per heavy atom.